The number of hydrogen-bond donors (Lipinski definition) is 2. The van der Waals surface area contributed by atoms with Crippen LogP contribution in [0, 0.1) is 11.3 Å². The molecule has 0 bridgehead atoms. The van der Waals surface area contributed by atoms with Crippen molar-refractivity contribution < 1.29 is 4.79 Å². The molecule has 5 heteroatoms. The van der Waals surface area contributed by atoms with Gasteiger partial charge in [0.1, 0.15) is 11.6 Å². The summed E-state index contributed by atoms with van der Waals surface area (Å²) in [4.78, 5) is 14.7. The molecule has 0 spiro atoms. The Morgan fingerprint density at radius 2 is 1.71 bits per heavy atom. The van der Waals surface area contributed by atoms with E-state index in [1.807, 2.05) is 67.6 Å². The number of amides is 1. The monoisotopic (exact) mass is 427 g/mol. The van der Waals surface area contributed by atoms with Crippen molar-refractivity contribution in [1.29, 1.82) is 5.26 Å². The van der Waals surface area contributed by atoms with Crippen LogP contribution in [0.1, 0.15) is 31.0 Å². The van der Waals surface area contributed by atoms with Gasteiger partial charge in [-0.2, -0.15) is 5.26 Å². The van der Waals surface area contributed by atoms with Gasteiger partial charge >= 0.3 is 0 Å². The third kappa shape index (κ3) is 6.24. The van der Waals surface area contributed by atoms with E-state index in [-0.39, 0.29) is 11.6 Å². The van der Waals surface area contributed by atoms with E-state index in [4.69, 9.17) is 0 Å². The first-order chi connectivity index (χ1) is 15.1. The number of benzene rings is 3. The SMILES string of the molecule is CCc1ccc(C(C)N/C=C(/C#N)C(=O)Nc2ccccc2Sc2ccccc2)cc1. The van der Waals surface area contributed by atoms with Gasteiger partial charge < -0.3 is 10.6 Å². The molecule has 0 aliphatic rings. The van der Waals surface area contributed by atoms with Gasteiger partial charge in [-0.1, -0.05) is 73.3 Å². The molecule has 0 aliphatic heterocycles. The second kappa shape index (κ2) is 11.1. The minimum absolute atomic E-state index is 0.0246. The molecule has 3 rings (SSSR count). The Balaban J connectivity index is 1.69. The van der Waals surface area contributed by atoms with Gasteiger partial charge in [-0.05, 0) is 48.7 Å². The Hall–Kier alpha value is -3.49. The molecular weight excluding hydrogens is 402 g/mol. The van der Waals surface area contributed by atoms with E-state index in [1.54, 1.807) is 11.8 Å². The Bertz CT molecular complexity index is 1090. The molecule has 0 aliphatic carbocycles. The molecule has 156 valence electrons. The maximum absolute atomic E-state index is 12.7. The Morgan fingerprint density at radius 3 is 2.39 bits per heavy atom. The predicted octanol–water partition coefficient (Wildman–Crippen LogP) is 6.10. The van der Waals surface area contributed by atoms with Crippen molar-refractivity contribution >= 4 is 23.4 Å². The minimum Gasteiger partial charge on any atom is -0.383 e. The number of anilines is 1. The smallest absolute Gasteiger partial charge is 0.267 e. The summed E-state index contributed by atoms with van der Waals surface area (Å²) in [6, 6.07) is 27.8. The molecule has 0 radical (unpaired) electrons. The summed E-state index contributed by atoms with van der Waals surface area (Å²) in [5, 5.41) is 15.5. The number of para-hydroxylation sites is 1. The topological polar surface area (TPSA) is 64.9 Å². The second-order valence-corrected chi connectivity index (χ2v) is 8.13. The zero-order valence-electron chi connectivity index (χ0n) is 17.6. The molecular formula is C26H25N3OS. The number of hydrogen-bond acceptors (Lipinski definition) is 4. The number of rotatable bonds is 8. The van der Waals surface area contributed by atoms with E-state index in [2.05, 4.69) is 41.8 Å². The first-order valence-corrected chi connectivity index (χ1v) is 11.0. The molecule has 2 N–H and O–H groups in total. The van der Waals surface area contributed by atoms with Crippen molar-refractivity contribution in [3.8, 4) is 6.07 Å². The zero-order valence-corrected chi connectivity index (χ0v) is 18.4. The van der Waals surface area contributed by atoms with Crippen LogP contribution in [0.25, 0.3) is 0 Å². The fourth-order valence-electron chi connectivity index (χ4n) is 2.96. The van der Waals surface area contributed by atoms with E-state index in [0.29, 0.717) is 5.69 Å². The fourth-order valence-corrected chi connectivity index (χ4v) is 3.88. The number of carbonyl (C=O) groups excluding carboxylic acids is 1. The van der Waals surface area contributed by atoms with Crippen LogP contribution in [0.3, 0.4) is 0 Å². The van der Waals surface area contributed by atoms with Gasteiger partial charge in [-0.25, -0.2) is 0 Å². The normalized spacial score (nSPS) is 12.0. The van der Waals surface area contributed by atoms with Crippen molar-refractivity contribution in [3.63, 3.8) is 0 Å². The Kier molecular flexibility index (Phi) is 7.91. The maximum Gasteiger partial charge on any atom is 0.267 e. The zero-order chi connectivity index (χ0) is 22.1. The largest absolute Gasteiger partial charge is 0.383 e. The van der Waals surface area contributed by atoms with E-state index in [0.717, 1.165) is 21.8 Å². The summed E-state index contributed by atoms with van der Waals surface area (Å²) >= 11 is 1.56. The van der Waals surface area contributed by atoms with Gasteiger partial charge in [0.05, 0.1) is 5.69 Å². The molecule has 0 aromatic heterocycles. The lowest BCUT2D eigenvalue weighted by Crippen LogP contribution is -2.18. The van der Waals surface area contributed by atoms with Gasteiger partial charge in [-0.15, -0.1) is 0 Å². The lowest BCUT2D eigenvalue weighted by molar-refractivity contribution is -0.112. The quantitative estimate of drug-likeness (QED) is 0.337. The number of nitrogens with zero attached hydrogens (tertiary/aromatic N) is 1. The highest BCUT2D eigenvalue weighted by Crippen LogP contribution is 2.33. The summed E-state index contributed by atoms with van der Waals surface area (Å²) < 4.78 is 0. The number of carbonyl (C=O) groups is 1. The summed E-state index contributed by atoms with van der Waals surface area (Å²) in [7, 11) is 0. The van der Waals surface area contributed by atoms with Crippen LogP contribution in [0.5, 0.6) is 0 Å². The Morgan fingerprint density at radius 1 is 1.03 bits per heavy atom. The molecule has 0 saturated heterocycles. The third-order valence-electron chi connectivity index (χ3n) is 4.84. The summed E-state index contributed by atoms with van der Waals surface area (Å²) in [6.07, 6.45) is 2.48. The fraction of sp³-hybridized carbons (Fsp3) is 0.154. The van der Waals surface area contributed by atoms with E-state index < -0.39 is 5.91 Å². The summed E-state index contributed by atoms with van der Waals surface area (Å²) in [6.45, 7) is 4.11. The first kappa shape index (κ1) is 22.2. The second-order valence-electron chi connectivity index (χ2n) is 7.02. The van der Waals surface area contributed by atoms with Crippen molar-refractivity contribution in [1.82, 2.24) is 5.32 Å². The van der Waals surface area contributed by atoms with Crippen molar-refractivity contribution in [2.24, 2.45) is 0 Å². The molecule has 1 unspecified atom stereocenters. The van der Waals surface area contributed by atoms with Crippen LogP contribution in [0.4, 0.5) is 5.69 Å². The average Bonchev–Trinajstić information content (AvgIpc) is 2.81. The maximum atomic E-state index is 12.7. The lowest BCUT2D eigenvalue weighted by Gasteiger charge is -2.14. The van der Waals surface area contributed by atoms with Gasteiger partial charge in [0.2, 0.25) is 0 Å². The third-order valence-corrected chi connectivity index (χ3v) is 5.92. The standard InChI is InChI=1S/C26H25N3OS/c1-3-20-13-15-21(16-14-20)19(2)28-18-22(17-27)26(30)29-24-11-7-8-12-25(24)31-23-9-5-4-6-10-23/h4-16,18-19,28H,3H2,1-2H3,(H,29,30)/b22-18-. The van der Waals surface area contributed by atoms with Gasteiger partial charge in [-0.3, -0.25) is 4.79 Å². The van der Waals surface area contributed by atoms with Crippen molar-refractivity contribution in [2.45, 2.75) is 36.1 Å². The van der Waals surface area contributed by atoms with Crippen LogP contribution in [0.2, 0.25) is 0 Å². The van der Waals surface area contributed by atoms with Crippen LogP contribution in [-0.4, -0.2) is 5.91 Å². The van der Waals surface area contributed by atoms with E-state index >= 15 is 0 Å². The highest BCUT2D eigenvalue weighted by Gasteiger charge is 2.13. The van der Waals surface area contributed by atoms with Crippen LogP contribution in [0.15, 0.2) is 100 Å². The van der Waals surface area contributed by atoms with Gasteiger partial charge in [0, 0.05) is 22.0 Å². The molecule has 1 amide bonds. The number of aryl methyl sites for hydroxylation is 1. The average molecular weight is 428 g/mol. The highest BCUT2D eigenvalue weighted by atomic mass is 32.2. The highest BCUT2D eigenvalue weighted by molar-refractivity contribution is 7.99. The first-order valence-electron chi connectivity index (χ1n) is 10.2. The van der Waals surface area contributed by atoms with Crippen LogP contribution in [-0.2, 0) is 11.2 Å². The molecule has 3 aromatic rings. The molecule has 4 nitrogen and oxygen atoms in total. The van der Waals surface area contributed by atoms with Gasteiger partial charge in [0.15, 0.2) is 0 Å². The predicted molar refractivity (Wildman–Crippen MR) is 127 cm³/mol. The minimum atomic E-state index is -0.440. The molecule has 0 heterocycles. The molecule has 31 heavy (non-hydrogen) atoms. The van der Waals surface area contributed by atoms with E-state index in [9.17, 15) is 10.1 Å². The molecule has 3 aromatic carbocycles. The summed E-state index contributed by atoms with van der Waals surface area (Å²) in [5.41, 5.74) is 3.06. The van der Waals surface area contributed by atoms with Crippen molar-refractivity contribution in [3.05, 3.63) is 102 Å². The van der Waals surface area contributed by atoms with Crippen LogP contribution < -0.4 is 10.6 Å². The summed E-state index contributed by atoms with van der Waals surface area (Å²) in [5.74, 6) is -0.440. The number of nitrogens with one attached hydrogen (secondary N) is 2. The number of nitriles is 1. The lowest BCUT2D eigenvalue weighted by atomic mass is 10.1. The molecule has 1 atom stereocenters. The van der Waals surface area contributed by atoms with E-state index in [1.165, 1.54) is 11.8 Å². The molecule has 0 saturated carbocycles. The van der Waals surface area contributed by atoms with Crippen molar-refractivity contribution in [2.75, 3.05) is 5.32 Å². The van der Waals surface area contributed by atoms with Crippen LogP contribution >= 0.6 is 11.8 Å². The Labute approximate surface area is 188 Å². The van der Waals surface area contributed by atoms with Gasteiger partial charge in [0.25, 0.3) is 5.91 Å². The molecule has 0 fully saturated rings.